The Balaban J connectivity index is 1.90. The highest BCUT2D eigenvalue weighted by atomic mass is 19.4. The van der Waals surface area contributed by atoms with Crippen LogP contribution in [0.3, 0.4) is 0 Å². The van der Waals surface area contributed by atoms with E-state index >= 15 is 0 Å². The van der Waals surface area contributed by atoms with E-state index in [2.05, 4.69) is 10.6 Å². The Bertz CT molecular complexity index is 1060. The summed E-state index contributed by atoms with van der Waals surface area (Å²) in [6, 6.07) is 5.06. The quantitative estimate of drug-likeness (QED) is 0.366. The summed E-state index contributed by atoms with van der Waals surface area (Å²) < 4.78 is 83.9. The third-order valence-corrected chi connectivity index (χ3v) is 5.61. The van der Waals surface area contributed by atoms with Crippen molar-refractivity contribution in [3.8, 4) is 0 Å². The van der Waals surface area contributed by atoms with Crippen LogP contribution in [0.5, 0.6) is 0 Å². The highest BCUT2D eigenvalue weighted by molar-refractivity contribution is 6.06. The van der Waals surface area contributed by atoms with Crippen LogP contribution in [0.1, 0.15) is 51.1 Å². The van der Waals surface area contributed by atoms with E-state index in [-0.39, 0.29) is 17.3 Å². The Labute approximate surface area is 203 Å². The molecule has 0 aromatic heterocycles. The van der Waals surface area contributed by atoms with Crippen molar-refractivity contribution < 1.29 is 40.7 Å². The zero-order chi connectivity index (χ0) is 26.5. The van der Waals surface area contributed by atoms with Crippen LogP contribution in [0.2, 0.25) is 0 Å². The molecule has 12 heteroatoms. The summed E-state index contributed by atoms with van der Waals surface area (Å²) in [5, 5.41) is 5.06. The van der Waals surface area contributed by atoms with Crippen LogP contribution in [-0.4, -0.2) is 45.2 Å². The van der Waals surface area contributed by atoms with Gasteiger partial charge in [-0.05, 0) is 55.7 Å². The summed E-state index contributed by atoms with van der Waals surface area (Å²) in [4.78, 5) is 27.5. The molecule has 0 spiro atoms. The minimum Gasteiger partial charge on any atom is -0.385 e. The molecule has 0 bridgehead atoms. The number of amides is 2. The lowest BCUT2D eigenvalue weighted by Crippen LogP contribution is -2.29. The minimum absolute atomic E-state index is 0.0480. The fourth-order valence-electron chi connectivity index (χ4n) is 3.83. The molecule has 1 aliphatic rings. The van der Waals surface area contributed by atoms with Gasteiger partial charge in [-0.1, -0.05) is 0 Å². The number of carbonyl (C=O) groups excluding carboxylic acids is 2. The SMILES string of the molecule is COCCCNC(=O)c1cc(NC(=O)c2cc(C(F)(F)F)cc(C(F)(F)F)c2)ccc1N1CCCC1. The van der Waals surface area contributed by atoms with Gasteiger partial charge in [0.2, 0.25) is 0 Å². The van der Waals surface area contributed by atoms with Crippen molar-refractivity contribution in [2.45, 2.75) is 31.6 Å². The number of halogens is 6. The van der Waals surface area contributed by atoms with Crippen LogP contribution in [-0.2, 0) is 17.1 Å². The fourth-order valence-corrected chi connectivity index (χ4v) is 3.83. The van der Waals surface area contributed by atoms with Crippen LogP contribution in [0, 0.1) is 0 Å². The molecule has 2 aromatic rings. The highest BCUT2D eigenvalue weighted by Gasteiger charge is 2.37. The first-order chi connectivity index (χ1) is 16.9. The largest absolute Gasteiger partial charge is 0.416 e. The summed E-state index contributed by atoms with van der Waals surface area (Å²) >= 11 is 0. The highest BCUT2D eigenvalue weighted by Crippen LogP contribution is 2.36. The fraction of sp³-hybridized carbons (Fsp3) is 0.417. The van der Waals surface area contributed by atoms with Gasteiger partial charge in [0.05, 0.1) is 16.7 Å². The van der Waals surface area contributed by atoms with E-state index in [1.54, 1.807) is 6.07 Å². The van der Waals surface area contributed by atoms with Crippen LogP contribution < -0.4 is 15.5 Å². The molecule has 0 aliphatic carbocycles. The van der Waals surface area contributed by atoms with E-state index in [9.17, 15) is 35.9 Å². The smallest absolute Gasteiger partial charge is 0.385 e. The van der Waals surface area contributed by atoms with E-state index in [1.165, 1.54) is 19.2 Å². The summed E-state index contributed by atoms with van der Waals surface area (Å²) in [5.41, 5.74) is -3.10. The first-order valence-corrected chi connectivity index (χ1v) is 11.2. The number of carbonyl (C=O) groups is 2. The van der Waals surface area contributed by atoms with Gasteiger partial charge in [0.15, 0.2) is 0 Å². The van der Waals surface area contributed by atoms with Gasteiger partial charge in [-0.2, -0.15) is 26.3 Å². The van der Waals surface area contributed by atoms with Crippen molar-refractivity contribution in [1.29, 1.82) is 0 Å². The van der Waals surface area contributed by atoms with E-state index in [4.69, 9.17) is 4.74 Å². The average molecular weight is 517 g/mol. The van der Waals surface area contributed by atoms with Crippen molar-refractivity contribution in [3.63, 3.8) is 0 Å². The molecular weight excluding hydrogens is 492 g/mol. The van der Waals surface area contributed by atoms with E-state index in [0.717, 1.165) is 25.9 Å². The lowest BCUT2D eigenvalue weighted by atomic mass is 10.0. The number of benzene rings is 2. The van der Waals surface area contributed by atoms with Gasteiger partial charge in [0.25, 0.3) is 11.8 Å². The molecule has 0 radical (unpaired) electrons. The molecule has 1 aliphatic heterocycles. The lowest BCUT2D eigenvalue weighted by molar-refractivity contribution is -0.143. The second-order valence-electron chi connectivity index (χ2n) is 8.28. The third-order valence-electron chi connectivity index (χ3n) is 5.61. The molecular formula is C24H25F6N3O3. The molecule has 6 nitrogen and oxygen atoms in total. The van der Waals surface area contributed by atoms with Crippen molar-refractivity contribution in [2.24, 2.45) is 0 Å². The maximum atomic E-state index is 13.2. The van der Waals surface area contributed by atoms with Crippen LogP contribution in [0.4, 0.5) is 37.7 Å². The Kier molecular flexibility index (Phi) is 8.49. The van der Waals surface area contributed by atoms with Crippen LogP contribution in [0.25, 0.3) is 0 Å². The number of rotatable bonds is 8. The molecule has 196 valence electrons. The number of hydrogen-bond donors (Lipinski definition) is 2. The molecule has 1 saturated heterocycles. The molecule has 1 fully saturated rings. The average Bonchev–Trinajstić information content (AvgIpc) is 3.35. The molecule has 2 aromatic carbocycles. The van der Waals surface area contributed by atoms with Crippen molar-refractivity contribution >= 4 is 23.2 Å². The van der Waals surface area contributed by atoms with E-state index in [0.29, 0.717) is 37.4 Å². The Morgan fingerprint density at radius 1 is 0.917 bits per heavy atom. The van der Waals surface area contributed by atoms with Gasteiger partial charge in [0.1, 0.15) is 0 Å². The van der Waals surface area contributed by atoms with Crippen LogP contribution >= 0.6 is 0 Å². The second-order valence-corrected chi connectivity index (χ2v) is 8.28. The number of alkyl halides is 6. The topological polar surface area (TPSA) is 70.7 Å². The molecule has 2 N–H and O–H groups in total. The van der Waals surface area contributed by atoms with Gasteiger partial charge in [0, 0.05) is 50.3 Å². The zero-order valence-corrected chi connectivity index (χ0v) is 19.4. The number of nitrogens with zero attached hydrogens (tertiary/aromatic N) is 1. The molecule has 36 heavy (non-hydrogen) atoms. The van der Waals surface area contributed by atoms with Gasteiger partial charge < -0.3 is 20.3 Å². The van der Waals surface area contributed by atoms with Crippen molar-refractivity contribution in [2.75, 3.05) is 43.6 Å². The van der Waals surface area contributed by atoms with E-state index in [1.807, 2.05) is 4.90 Å². The summed E-state index contributed by atoms with van der Waals surface area (Å²) in [6.07, 6.45) is -7.73. The molecule has 0 saturated carbocycles. The van der Waals surface area contributed by atoms with Crippen molar-refractivity contribution in [3.05, 3.63) is 58.7 Å². The molecule has 0 atom stereocenters. The number of anilines is 2. The maximum absolute atomic E-state index is 13.2. The summed E-state index contributed by atoms with van der Waals surface area (Å²) in [5.74, 6) is -1.60. The zero-order valence-electron chi connectivity index (χ0n) is 19.4. The summed E-state index contributed by atoms with van der Waals surface area (Å²) in [6.45, 7) is 2.21. The monoisotopic (exact) mass is 517 g/mol. The Hall–Kier alpha value is -3.28. The number of hydrogen-bond acceptors (Lipinski definition) is 4. The summed E-state index contributed by atoms with van der Waals surface area (Å²) in [7, 11) is 1.53. The standard InChI is InChI=1S/C24H25F6N3O3/c1-36-10-4-7-31-22(35)19-14-18(5-6-20(19)33-8-2-3-9-33)32-21(34)15-11-16(23(25,26)27)13-17(12-15)24(28,29)30/h5-6,11-14H,2-4,7-10H2,1H3,(H,31,35)(H,32,34). The third kappa shape index (κ3) is 6.90. The van der Waals surface area contributed by atoms with Gasteiger partial charge in [-0.3, -0.25) is 9.59 Å². The second kappa shape index (κ2) is 11.2. The lowest BCUT2D eigenvalue weighted by Gasteiger charge is -2.22. The van der Waals surface area contributed by atoms with E-state index < -0.39 is 40.9 Å². The number of methoxy groups -OCH3 is 1. The molecule has 3 rings (SSSR count). The predicted molar refractivity (Wildman–Crippen MR) is 121 cm³/mol. The minimum atomic E-state index is -5.08. The molecule has 2 amide bonds. The normalized spacial score (nSPS) is 14.1. The molecule has 1 heterocycles. The van der Waals surface area contributed by atoms with Gasteiger partial charge in [-0.25, -0.2) is 0 Å². The Morgan fingerprint density at radius 2 is 1.53 bits per heavy atom. The number of nitrogens with one attached hydrogen (secondary N) is 2. The number of ether oxygens (including phenoxy) is 1. The van der Waals surface area contributed by atoms with Crippen molar-refractivity contribution in [1.82, 2.24) is 5.32 Å². The van der Waals surface area contributed by atoms with Gasteiger partial charge in [-0.15, -0.1) is 0 Å². The van der Waals surface area contributed by atoms with Crippen LogP contribution in [0.15, 0.2) is 36.4 Å². The predicted octanol–water partition coefficient (Wildman–Crippen LogP) is 5.34. The first kappa shape index (κ1) is 27.3. The first-order valence-electron chi connectivity index (χ1n) is 11.2. The maximum Gasteiger partial charge on any atom is 0.416 e. The van der Waals surface area contributed by atoms with Gasteiger partial charge >= 0.3 is 12.4 Å². The Morgan fingerprint density at radius 3 is 2.08 bits per heavy atom. The molecule has 0 unspecified atom stereocenters.